The first kappa shape index (κ1) is 14.7. The van der Waals surface area contributed by atoms with Crippen molar-refractivity contribution in [3.63, 3.8) is 0 Å². The highest BCUT2D eigenvalue weighted by Crippen LogP contribution is 2.18. The molecule has 1 rings (SSSR count). The van der Waals surface area contributed by atoms with Crippen molar-refractivity contribution in [2.45, 2.75) is 33.6 Å². The van der Waals surface area contributed by atoms with Gasteiger partial charge in [0.05, 0.1) is 12.2 Å². The summed E-state index contributed by atoms with van der Waals surface area (Å²) in [5.74, 6) is -0.251. The molecule has 0 aliphatic rings. The predicted octanol–water partition coefficient (Wildman–Crippen LogP) is 2.78. The lowest BCUT2D eigenvalue weighted by molar-refractivity contribution is 0.0465. The fraction of sp³-hybridized carbons (Fsp3) is 0.533. The van der Waals surface area contributed by atoms with E-state index in [1.807, 2.05) is 12.1 Å². The molecule has 0 spiro atoms. The topological polar surface area (TPSA) is 52.3 Å². The number of carbonyl (C=O) groups excluding carboxylic acids is 1. The quantitative estimate of drug-likeness (QED) is 0.816. The lowest BCUT2D eigenvalue weighted by atomic mass is 9.93. The van der Waals surface area contributed by atoms with Crippen LogP contribution in [0.3, 0.4) is 0 Å². The molecule has 2 N–H and O–H groups in total. The van der Waals surface area contributed by atoms with Gasteiger partial charge in [-0.3, -0.25) is 0 Å². The van der Waals surface area contributed by atoms with Crippen LogP contribution in [0.5, 0.6) is 0 Å². The van der Waals surface area contributed by atoms with E-state index in [2.05, 4.69) is 20.8 Å². The standard InChI is InChI=1S/C15H23NO2/c1-15(2,3)9-11-18-14(17)13-6-4-12(5-7-13)8-10-16/h4-7H,8-11,16H2,1-3H3. The van der Waals surface area contributed by atoms with Crippen LogP contribution in [0.15, 0.2) is 24.3 Å². The van der Waals surface area contributed by atoms with Crippen LogP contribution >= 0.6 is 0 Å². The van der Waals surface area contributed by atoms with E-state index < -0.39 is 0 Å². The average molecular weight is 249 g/mol. The Kier molecular flexibility index (Phi) is 5.35. The number of nitrogens with two attached hydrogens (primary N) is 1. The third kappa shape index (κ3) is 5.32. The molecule has 0 aliphatic carbocycles. The summed E-state index contributed by atoms with van der Waals surface area (Å²) in [4.78, 5) is 11.8. The first-order valence-electron chi connectivity index (χ1n) is 6.38. The van der Waals surface area contributed by atoms with Crippen molar-refractivity contribution in [1.82, 2.24) is 0 Å². The van der Waals surface area contributed by atoms with Crippen molar-refractivity contribution >= 4 is 5.97 Å². The van der Waals surface area contributed by atoms with Gasteiger partial charge in [-0.2, -0.15) is 0 Å². The smallest absolute Gasteiger partial charge is 0.338 e. The van der Waals surface area contributed by atoms with Gasteiger partial charge < -0.3 is 10.5 Å². The molecule has 0 aromatic heterocycles. The lowest BCUT2D eigenvalue weighted by Crippen LogP contribution is -2.13. The zero-order valence-electron chi connectivity index (χ0n) is 11.5. The highest BCUT2D eigenvalue weighted by Gasteiger charge is 2.12. The molecular weight excluding hydrogens is 226 g/mol. The number of hydrogen-bond donors (Lipinski definition) is 1. The summed E-state index contributed by atoms with van der Waals surface area (Å²) in [6, 6.07) is 7.44. The fourth-order valence-electron chi connectivity index (χ4n) is 1.51. The highest BCUT2D eigenvalue weighted by molar-refractivity contribution is 5.89. The molecule has 0 amide bonds. The van der Waals surface area contributed by atoms with Crippen LogP contribution in [0.2, 0.25) is 0 Å². The molecule has 1 aromatic rings. The van der Waals surface area contributed by atoms with Gasteiger partial charge in [0, 0.05) is 0 Å². The fourth-order valence-corrected chi connectivity index (χ4v) is 1.51. The van der Waals surface area contributed by atoms with E-state index in [4.69, 9.17) is 10.5 Å². The van der Waals surface area contributed by atoms with E-state index in [0.717, 1.165) is 18.4 Å². The normalized spacial score (nSPS) is 11.3. The van der Waals surface area contributed by atoms with Crippen molar-refractivity contribution in [3.05, 3.63) is 35.4 Å². The maximum absolute atomic E-state index is 11.8. The van der Waals surface area contributed by atoms with Crippen LogP contribution in [0.4, 0.5) is 0 Å². The molecule has 0 aliphatic heterocycles. The monoisotopic (exact) mass is 249 g/mol. The van der Waals surface area contributed by atoms with E-state index in [1.54, 1.807) is 12.1 Å². The second-order valence-electron chi connectivity index (χ2n) is 5.68. The van der Waals surface area contributed by atoms with Gasteiger partial charge in [-0.05, 0) is 42.5 Å². The summed E-state index contributed by atoms with van der Waals surface area (Å²) in [7, 11) is 0. The van der Waals surface area contributed by atoms with Gasteiger partial charge >= 0.3 is 5.97 Å². The molecule has 3 heteroatoms. The molecule has 0 radical (unpaired) electrons. The second kappa shape index (κ2) is 6.55. The van der Waals surface area contributed by atoms with Gasteiger partial charge in [0.2, 0.25) is 0 Å². The summed E-state index contributed by atoms with van der Waals surface area (Å²) < 4.78 is 5.24. The summed E-state index contributed by atoms with van der Waals surface area (Å²) in [5.41, 5.74) is 7.40. The Morgan fingerprint density at radius 1 is 1.22 bits per heavy atom. The van der Waals surface area contributed by atoms with Crippen molar-refractivity contribution in [3.8, 4) is 0 Å². The Hall–Kier alpha value is -1.35. The van der Waals surface area contributed by atoms with Gasteiger partial charge in [-0.15, -0.1) is 0 Å². The number of rotatable bonds is 5. The van der Waals surface area contributed by atoms with Crippen molar-refractivity contribution in [1.29, 1.82) is 0 Å². The van der Waals surface area contributed by atoms with E-state index in [-0.39, 0.29) is 11.4 Å². The molecule has 1 aromatic carbocycles. The molecule has 18 heavy (non-hydrogen) atoms. The van der Waals surface area contributed by atoms with Crippen molar-refractivity contribution in [2.24, 2.45) is 11.1 Å². The Morgan fingerprint density at radius 2 is 1.83 bits per heavy atom. The maximum Gasteiger partial charge on any atom is 0.338 e. The average Bonchev–Trinajstić information content (AvgIpc) is 2.28. The summed E-state index contributed by atoms with van der Waals surface area (Å²) >= 11 is 0. The second-order valence-corrected chi connectivity index (χ2v) is 5.68. The zero-order chi connectivity index (χ0) is 13.6. The largest absolute Gasteiger partial charge is 0.462 e. The van der Waals surface area contributed by atoms with Gasteiger partial charge in [0.1, 0.15) is 0 Å². The lowest BCUT2D eigenvalue weighted by Gasteiger charge is -2.17. The van der Waals surface area contributed by atoms with E-state index in [1.165, 1.54) is 0 Å². The first-order valence-corrected chi connectivity index (χ1v) is 6.38. The Bertz CT molecular complexity index is 376. The zero-order valence-corrected chi connectivity index (χ0v) is 11.5. The molecule has 0 saturated carbocycles. The number of ether oxygens (including phenoxy) is 1. The first-order chi connectivity index (χ1) is 8.42. The van der Waals surface area contributed by atoms with Crippen LogP contribution in [0.25, 0.3) is 0 Å². The van der Waals surface area contributed by atoms with Gasteiger partial charge in [-0.1, -0.05) is 32.9 Å². The predicted molar refractivity (Wildman–Crippen MR) is 73.6 cm³/mol. The minimum Gasteiger partial charge on any atom is -0.462 e. The van der Waals surface area contributed by atoms with Crippen molar-refractivity contribution < 1.29 is 9.53 Å². The van der Waals surface area contributed by atoms with Crippen molar-refractivity contribution in [2.75, 3.05) is 13.2 Å². The van der Waals surface area contributed by atoms with Crippen LogP contribution < -0.4 is 5.73 Å². The van der Waals surface area contributed by atoms with Crippen LogP contribution in [-0.4, -0.2) is 19.1 Å². The minimum absolute atomic E-state index is 0.186. The molecule has 0 unspecified atom stereocenters. The summed E-state index contributed by atoms with van der Waals surface area (Å²) in [6.45, 7) is 7.47. The molecule has 0 heterocycles. The molecular formula is C15H23NO2. The highest BCUT2D eigenvalue weighted by atomic mass is 16.5. The number of hydrogen-bond acceptors (Lipinski definition) is 3. The van der Waals surface area contributed by atoms with E-state index >= 15 is 0 Å². The Balaban J connectivity index is 2.46. The van der Waals surface area contributed by atoms with Crippen LogP contribution in [-0.2, 0) is 11.2 Å². The minimum atomic E-state index is -0.251. The maximum atomic E-state index is 11.8. The van der Waals surface area contributed by atoms with Gasteiger partial charge in [0.25, 0.3) is 0 Å². The molecule has 0 saturated heterocycles. The van der Waals surface area contributed by atoms with E-state index in [0.29, 0.717) is 18.7 Å². The molecule has 0 atom stereocenters. The van der Waals surface area contributed by atoms with Gasteiger partial charge in [-0.25, -0.2) is 4.79 Å². The van der Waals surface area contributed by atoms with Crippen LogP contribution in [0, 0.1) is 5.41 Å². The Morgan fingerprint density at radius 3 is 2.33 bits per heavy atom. The molecule has 100 valence electrons. The molecule has 0 bridgehead atoms. The third-order valence-electron chi connectivity index (χ3n) is 2.71. The number of carbonyl (C=O) groups is 1. The Labute approximate surface area is 109 Å². The summed E-state index contributed by atoms with van der Waals surface area (Å²) in [6.07, 6.45) is 1.70. The third-order valence-corrected chi connectivity index (χ3v) is 2.71. The summed E-state index contributed by atoms with van der Waals surface area (Å²) in [5, 5.41) is 0. The SMILES string of the molecule is CC(C)(C)CCOC(=O)c1ccc(CCN)cc1. The molecule has 0 fully saturated rings. The number of benzene rings is 1. The van der Waals surface area contributed by atoms with E-state index in [9.17, 15) is 4.79 Å². The van der Waals surface area contributed by atoms with Gasteiger partial charge in [0.15, 0.2) is 0 Å². The van der Waals surface area contributed by atoms with Crippen LogP contribution in [0.1, 0.15) is 43.1 Å². The molecule has 3 nitrogen and oxygen atoms in total. The number of esters is 1.